The van der Waals surface area contributed by atoms with Gasteiger partial charge in [-0.15, -0.1) is 0 Å². The molecule has 4 aromatic rings. The minimum atomic E-state index is 0.949. The maximum Gasteiger partial charge on any atom is 0.103 e. The summed E-state index contributed by atoms with van der Waals surface area (Å²) in [5.41, 5.74) is 6.96. The van der Waals surface area contributed by atoms with E-state index in [0.717, 1.165) is 17.2 Å². The summed E-state index contributed by atoms with van der Waals surface area (Å²) in [4.78, 5) is 0. The van der Waals surface area contributed by atoms with Crippen molar-refractivity contribution in [2.45, 2.75) is 6.92 Å². The smallest absolute Gasteiger partial charge is 0.103 e. The molecule has 0 aromatic heterocycles. The van der Waals surface area contributed by atoms with Crippen molar-refractivity contribution in [3.05, 3.63) is 121 Å². The molecule has 142 valence electrons. The second kappa shape index (κ2) is 8.94. The van der Waals surface area contributed by atoms with Gasteiger partial charge in [-0.2, -0.15) is 0 Å². The van der Waals surface area contributed by atoms with Crippen molar-refractivity contribution in [2.24, 2.45) is 0 Å². The maximum atomic E-state index is 3.45. The van der Waals surface area contributed by atoms with Gasteiger partial charge in [-0.3, -0.25) is 0 Å². The zero-order chi connectivity index (χ0) is 19.9. The Balaban J connectivity index is 1.42. The zero-order valence-electron chi connectivity index (χ0n) is 16.5. The molecule has 0 spiro atoms. The van der Waals surface area contributed by atoms with Crippen LogP contribution in [0.25, 0.3) is 22.3 Å². The molecule has 29 heavy (non-hydrogen) atoms. The van der Waals surface area contributed by atoms with Gasteiger partial charge >= 0.3 is 0 Å². The standard InChI is InChI=1S/C27H24N2/c1-2-27(28-25-17-13-23(14-18-25)21-9-5-3-6-10-21)29-26-19-15-24(16-20-26)22-11-7-4-8-12-22/h2-20,28-29H,1H3. The molecule has 0 heterocycles. The summed E-state index contributed by atoms with van der Waals surface area (Å²) in [5, 5.41) is 6.90. The van der Waals surface area contributed by atoms with Crippen molar-refractivity contribution < 1.29 is 0 Å². The molecule has 2 heteroatoms. The van der Waals surface area contributed by atoms with Gasteiger partial charge < -0.3 is 10.6 Å². The first-order chi connectivity index (χ1) is 14.3. The normalized spacial score (nSPS) is 10.2. The van der Waals surface area contributed by atoms with Crippen molar-refractivity contribution in [2.75, 3.05) is 10.6 Å². The number of allylic oxidation sites excluding steroid dienone is 1. The van der Waals surface area contributed by atoms with Gasteiger partial charge in [-0.05, 0) is 59.5 Å². The molecule has 2 N–H and O–H groups in total. The molecule has 0 fully saturated rings. The van der Waals surface area contributed by atoms with Gasteiger partial charge in [0.1, 0.15) is 5.82 Å². The molecule has 0 amide bonds. The summed E-state index contributed by atoms with van der Waals surface area (Å²) >= 11 is 0. The molecule has 0 unspecified atom stereocenters. The van der Waals surface area contributed by atoms with Crippen molar-refractivity contribution in [3.8, 4) is 22.3 Å². The second-order valence-electron chi connectivity index (χ2n) is 6.84. The quantitative estimate of drug-likeness (QED) is 0.366. The molecule has 4 rings (SSSR count). The number of hydrogen-bond donors (Lipinski definition) is 2. The van der Waals surface area contributed by atoms with E-state index >= 15 is 0 Å². The lowest BCUT2D eigenvalue weighted by atomic mass is 10.1. The second-order valence-corrected chi connectivity index (χ2v) is 6.84. The van der Waals surface area contributed by atoms with E-state index < -0.39 is 0 Å². The fraction of sp³-hybridized carbons (Fsp3) is 0.0370. The third-order valence-corrected chi connectivity index (χ3v) is 4.83. The molecule has 0 aliphatic heterocycles. The third kappa shape index (κ3) is 4.74. The van der Waals surface area contributed by atoms with Crippen molar-refractivity contribution in [3.63, 3.8) is 0 Å². The lowest BCUT2D eigenvalue weighted by Gasteiger charge is -2.14. The summed E-state index contributed by atoms with van der Waals surface area (Å²) in [6.07, 6.45) is 2.04. The third-order valence-electron chi connectivity index (χ3n) is 4.83. The first-order valence-corrected chi connectivity index (χ1v) is 9.83. The van der Waals surface area contributed by atoms with Gasteiger partial charge in [0, 0.05) is 11.4 Å². The van der Waals surface area contributed by atoms with Crippen LogP contribution in [0.1, 0.15) is 6.92 Å². The number of benzene rings is 4. The van der Waals surface area contributed by atoms with Crippen LogP contribution in [0.5, 0.6) is 0 Å². The summed E-state index contributed by atoms with van der Waals surface area (Å²) in [7, 11) is 0. The predicted octanol–water partition coefficient (Wildman–Crippen LogP) is 7.41. The van der Waals surface area contributed by atoms with E-state index in [2.05, 4.69) is 108 Å². The zero-order valence-corrected chi connectivity index (χ0v) is 16.5. The topological polar surface area (TPSA) is 24.1 Å². The van der Waals surface area contributed by atoms with Crippen LogP contribution in [0.4, 0.5) is 11.4 Å². The summed E-state index contributed by atoms with van der Waals surface area (Å²) < 4.78 is 0. The number of rotatable bonds is 6. The number of anilines is 2. The highest BCUT2D eigenvalue weighted by Crippen LogP contribution is 2.24. The fourth-order valence-electron chi connectivity index (χ4n) is 3.24. The molecule has 2 nitrogen and oxygen atoms in total. The molecule has 0 radical (unpaired) electrons. The van der Waals surface area contributed by atoms with Gasteiger partial charge in [0.15, 0.2) is 0 Å². The summed E-state index contributed by atoms with van der Waals surface area (Å²) in [6, 6.07) is 37.8. The molecular formula is C27H24N2. The Labute approximate surface area is 172 Å². The van der Waals surface area contributed by atoms with Crippen molar-refractivity contribution >= 4 is 11.4 Å². The Bertz CT molecular complexity index is 978. The van der Waals surface area contributed by atoms with Gasteiger partial charge in [0.2, 0.25) is 0 Å². The van der Waals surface area contributed by atoms with E-state index in [1.807, 2.05) is 25.1 Å². The van der Waals surface area contributed by atoms with E-state index in [4.69, 9.17) is 0 Å². The van der Waals surface area contributed by atoms with Crippen LogP contribution in [0.2, 0.25) is 0 Å². The van der Waals surface area contributed by atoms with E-state index in [-0.39, 0.29) is 0 Å². The van der Waals surface area contributed by atoms with Crippen LogP contribution in [0, 0.1) is 0 Å². The minimum absolute atomic E-state index is 0.949. The lowest BCUT2D eigenvalue weighted by molar-refractivity contribution is 1.34. The Kier molecular flexibility index (Phi) is 5.73. The summed E-state index contributed by atoms with van der Waals surface area (Å²) in [5.74, 6) is 0.949. The van der Waals surface area contributed by atoms with Crippen LogP contribution >= 0.6 is 0 Å². The Morgan fingerprint density at radius 3 is 1.17 bits per heavy atom. The van der Waals surface area contributed by atoms with Gasteiger partial charge in [0.25, 0.3) is 0 Å². The van der Waals surface area contributed by atoms with Crippen molar-refractivity contribution in [1.29, 1.82) is 0 Å². The highest BCUT2D eigenvalue weighted by molar-refractivity contribution is 5.68. The number of nitrogens with one attached hydrogen (secondary N) is 2. The summed E-state index contributed by atoms with van der Waals surface area (Å²) in [6.45, 7) is 2.02. The predicted molar refractivity (Wildman–Crippen MR) is 125 cm³/mol. The molecule has 0 bridgehead atoms. The fourth-order valence-corrected chi connectivity index (χ4v) is 3.24. The van der Waals surface area contributed by atoms with Crippen LogP contribution in [0.15, 0.2) is 121 Å². The van der Waals surface area contributed by atoms with E-state index in [1.54, 1.807) is 0 Å². The van der Waals surface area contributed by atoms with Gasteiger partial charge in [0.05, 0.1) is 0 Å². The molecule has 4 aromatic carbocycles. The number of hydrogen-bond acceptors (Lipinski definition) is 2. The highest BCUT2D eigenvalue weighted by atomic mass is 15.1. The van der Waals surface area contributed by atoms with Crippen LogP contribution < -0.4 is 10.6 Å². The Morgan fingerprint density at radius 2 is 0.828 bits per heavy atom. The maximum absolute atomic E-state index is 3.45. The average Bonchev–Trinajstić information content (AvgIpc) is 2.81. The minimum Gasteiger partial charge on any atom is -0.342 e. The average molecular weight is 377 g/mol. The first kappa shape index (κ1) is 18.6. The molecule has 0 saturated heterocycles. The van der Waals surface area contributed by atoms with E-state index in [1.165, 1.54) is 22.3 Å². The van der Waals surface area contributed by atoms with Crippen LogP contribution in [-0.2, 0) is 0 Å². The SMILES string of the molecule is CC=C(Nc1ccc(-c2ccccc2)cc1)Nc1ccc(-c2ccccc2)cc1. The molecule has 0 aliphatic rings. The Hall–Kier alpha value is -3.78. The van der Waals surface area contributed by atoms with Crippen molar-refractivity contribution in [1.82, 2.24) is 0 Å². The highest BCUT2D eigenvalue weighted by Gasteiger charge is 2.02. The molecule has 0 aliphatic carbocycles. The van der Waals surface area contributed by atoms with Crippen LogP contribution in [-0.4, -0.2) is 0 Å². The molecule has 0 atom stereocenters. The van der Waals surface area contributed by atoms with Gasteiger partial charge in [-0.25, -0.2) is 0 Å². The van der Waals surface area contributed by atoms with E-state index in [0.29, 0.717) is 0 Å². The monoisotopic (exact) mass is 376 g/mol. The largest absolute Gasteiger partial charge is 0.342 e. The van der Waals surface area contributed by atoms with E-state index in [9.17, 15) is 0 Å². The lowest BCUT2D eigenvalue weighted by Crippen LogP contribution is -2.09. The Morgan fingerprint density at radius 1 is 0.483 bits per heavy atom. The van der Waals surface area contributed by atoms with Gasteiger partial charge in [-0.1, -0.05) is 84.9 Å². The first-order valence-electron chi connectivity index (χ1n) is 9.83. The molecular weight excluding hydrogens is 352 g/mol. The molecule has 0 saturated carbocycles. The van der Waals surface area contributed by atoms with Crippen LogP contribution in [0.3, 0.4) is 0 Å².